The van der Waals surface area contributed by atoms with Crippen LogP contribution >= 0.6 is 12.4 Å². The van der Waals surface area contributed by atoms with Crippen LogP contribution in [0.1, 0.15) is 0 Å². The predicted octanol–water partition coefficient (Wildman–Crippen LogP) is 0.938. The molecule has 0 saturated heterocycles. The SMILES string of the molecule is C[SiH]C.Cl.[Zr]. The van der Waals surface area contributed by atoms with E-state index in [1.807, 2.05) is 0 Å². The van der Waals surface area contributed by atoms with Gasteiger partial charge in [-0.2, -0.15) is 0 Å². The van der Waals surface area contributed by atoms with Crippen LogP contribution in [0.15, 0.2) is 0 Å². The summed E-state index contributed by atoms with van der Waals surface area (Å²) in [4.78, 5) is 0. The van der Waals surface area contributed by atoms with E-state index in [2.05, 4.69) is 13.1 Å². The van der Waals surface area contributed by atoms with Gasteiger partial charge < -0.3 is 0 Å². The molecule has 0 aromatic heterocycles. The van der Waals surface area contributed by atoms with Gasteiger partial charge in [0.05, 0.1) is 0 Å². The number of hydrogen-bond acceptors (Lipinski definition) is 0. The van der Waals surface area contributed by atoms with Crippen LogP contribution in [-0.2, 0) is 26.2 Å². The summed E-state index contributed by atoms with van der Waals surface area (Å²) in [6.07, 6.45) is 0. The molecular weight excluding hydrogens is 179 g/mol. The molecule has 0 aliphatic rings. The molecule has 0 saturated carbocycles. The quantitative estimate of drug-likeness (QED) is 0.495. The predicted molar refractivity (Wildman–Crippen MR) is 26.1 cm³/mol. The summed E-state index contributed by atoms with van der Waals surface area (Å²) in [7, 11) is 0.750. The number of halogens is 1. The minimum absolute atomic E-state index is 0. The zero-order chi connectivity index (χ0) is 2.71. The van der Waals surface area contributed by atoms with Crippen LogP contribution in [0.5, 0.6) is 0 Å². The van der Waals surface area contributed by atoms with E-state index in [0.29, 0.717) is 0 Å². The van der Waals surface area contributed by atoms with Crippen molar-refractivity contribution in [2.24, 2.45) is 0 Å². The molecule has 0 bridgehead atoms. The van der Waals surface area contributed by atoms with Crippen molar-refractivity contribution in [1.82, 2.24) is 0 Å². The summed E-state index contributed by atoms with van der Waals surface area (Å²) in [6.45, 7) is 4.42. The summed E-state index contributed by atoms with van der Waals surface area (Å²) < 4.78 is 0. The minimum Gasteiger partial charge on any atom is -0.147 e. The van der Waals surface area contributed by atoms with E-state index >= 15 is 0 Å². The number of hydrogen-bond donors (Lipinski definition) is 0. The zero-order valence-electron chi connectivity index (χ0n) is 3.49. The molecule has 5 heavy (non-hydrogen) atoms. The Morgan fingerprint density at radius 3 is 1.20 bits per heavy atom. The molecule has 0 unspecified atom stereocenters. The average molecular weight is 187 g/mol. The molecule has 31 valence electrons. The fourth-order valence-electron chi connectivity index (χ4n) is 0. The topological polar surface area (TPSA) is 0 Å². The fourth-order valence-corrected chi connectivity index (χ4v) is 0. The molecule has 0 aliphatic heterocycles. The third-order valence-electron chi connectivity index (χ3n) is 0. The van der Waals surface area contributed by atoms with E-state index in [4.69, 9.17) is 0 Å². The van der Waals surface area contributed by atoms with E-state index in [1.54, 1.807) is 0 Å². The standard InChI is InChI=1S/C2H7Si.ClH.Zr/c1-3-2;;/h3H,1-2H3;1H;. The zero-order valence-corrected chi connectivity index (χ0v) is 7.91. The first-order chi connectivity index (χ1) is 1.41. The monoisotopic (exact) mass is 185 g/mol. The van der Waals surface area contributed by atoms with Crippen molar-refractivity contribution in [3.8, 4) is 0 Å². The molecule has 0 aromatic carbocycles. The Kier molecular flexibility index (Phi) is 58.8. The summed E-state index contributed by atoms with van der Waals surface area (Å²) in [5, 5.41) is 0. The van der Waals surface area contributed by atoms with E-state index in [9.17, 15) is 0 Å². The van der Waals surface area contributed by atoms with E-state index in [-0.39, 0.29) is 38.6 Å². The third-order valence-corrected chi connectivity index (χ3v) is 0. The van der Waals surface area contributed by atoms with Crippen molar-refractivity contribution in [3.63, 3.8) is 0 Å². The van der Waals surface area contributed by atoms with Crippen LogP contribution in [0.2, 0.25) is 13.1 Å². The largest absolute Gasteiger partial charge is 0.147 e. The number of rotatable bonds is 0. The van der Waals surface area contributed by atoms with Gasteiger partial charge in [-0.25, -0.2) is 0 Å². The first-order valence-electron chi connectivity index (χ1n) is 1.15. The van der Waals surface area contributed by atoms with Gasteiger partial charge >= 0.3 is 0 Å². The molecule has 0 aromatic rings. The maximum absolute atomic E-state index is 2.21. The van der Waals surface area contributed by atoms with Crippen LogP contribution in [0, 0.1) is 0 Å². The molecule has 0 heterocycles. The second-order valence-electron chi connectivity index (χ2n) is 0.577. The molecule has 0 atom stereocenters. The maximum atomic E-state index is 2.21. The molecule has 1 radical (unpaired) electrons. The van der Waals surface area contributed by atoms with Crippen LogP contribution < -0.4 is 0 Å². The Bertz CT molecular complexity index is 9.61. The van der Waals surface area contributed by atoms with E-state index in [1.165, 1.54) is 0 Å². The van der Waals surface area contributed by atoms with Gasteiger partial charge in [0.2, 0.25) is 0 Å². The molecule has 0 rings (SSSR count). The Morgan fingerprint density at radius 2 is 1.20 bits per heavy atom. The minimum atomic E-state index is 0. The van der Waals surface area contributed by atoms with Gasteiger partial charge in [0.1, 0.15) is 0 Å². The molecule has 0 nitrogen and oxygen atoms in total. The molecule has 0 amide bonds. The Labute approximate surface area is 61.1 Å². The summed E-state index contributed by atoms with van der Waals surface area (Å²) in [5.41, 5.74) is 0. The Balaban J connectivity index is -0.0000000200. The maximum Gasteiger partial charge on any atom is 0.0213 e. The summed E-state index contributed by atoms with van der Waals surface area (Å²) in [6, 6.07) is 0. The van der Waals surface area contributed by atoms with Gasteiger partial charge in [-0.3, -0.25) is 0 Å². The second kappa shape index (κ2) is 18.2. The first kappa shape index (κ1) is 16.2. The van der Waals surface area contributed by atoms with Gasteiger partial charge in [-0.15, -0.1) is 12.4 Å². The van der Waals surface area contributed by atoms with Gasteiger partial charge in [0, 0.05) is 35.7 Å². The van der Waals surface area contributed by atoms with Crippen LogP contribution in [0.25, 0.3) is 0 Å². The smallest absolute Gasteiger partial charge is 0.0213 e. The van der Waals surface area contributed by atoms with Gasteiger partial charge in [-0.1, -0.05) is 13.1 Å². The van der Waals surface area contributed by atoms with Gasteiger partial charge in [-0.05, 0) is 0 Å². The van der Waals surface area contributed by atoms with Gasteiger partial charge in [0.15, 0.2) is 0 Å². The van der Waals surface area contributed by atoms with E-state index in [0.717, 1.165) is 9.52 Å². The molecule has 0 fully saturated rings. The summed E-state index contributed by atoms with van der Waals surface area (Å²) >= 11 is 0. The van der Waals surface area contributed by atoms with Crippen LogP contribution in [0.3, 0.4) is 0 Å². The average Bonchev–Trinajstić information content (AvgIpc) is 0.918. The fraction of sp³-hybridized carbons (Fsp3) is 1.00. The molecule has 3 heteroatoms. The molecule has 0 spiro atoms. The van der Waals surface area contributed by atoms with Gasteiger partial charge in [0.25, 0.3) is 0 Å². The van der Waals surface area contributed by atoms with Crippen molar-refractivity contribution >= 4 is 21.9 Å². The molecular formula is C2H8ClSiZr. The van der Waals surface area contributed by atoms with E-state index < -0.39 is 0 Å². The molecule has 0 N–H and O–H groups in total. The second-order valence-corrected chi connectivity index (χ2v) is 1.73. The summed E-state index contributed by atoms with van der Waals surface area (Å²) in [5.74, 6) is 0. The van der Waals surface area contributed by atoms with Crippen molar-refractivity contribution in [1.29, 1.82) is 0 Å². The van der Waals surface area contributed by atoms with Crippen molar-refractivity contribution in [2.75, 3.05) is 0 Å². The van der Waals surface area contributed by atoms with Crippen LogP contribution in [0.4, 0.5) is 0 Å². The molecule has 0 aliphatic carbocycles. The third kappa shape index (κ3) is 32.1. The van der Waals surface area contributed by atoms with Crippen LogP contribution in [-0.4, -0.2) is 9.52 Å². The first-order valence-corrected chi connectivity index (χ1v) is 3.46. The van der Waals surface area contributed by atoms with Crippen molar-refractivity contribution in [3.05, 3.63) is 0 Å². The Hall–Kier alpha value is 1.39. The Morgan fingerprint density at radius 1 is 1.20 bits per heavy atom. The normalized spacial score (nSPS) is 3.60. The van der Waals surface area contributed by atoms with Crippen molar-refractivity contribution < 1.29 is 26.2 Å². The van der Waals surface area contributed by atoms with Crippen molar-refractivity contribution in [2.45, 2.75) is 13.1 Å².